The fraction of sp³-hybridized carbons (Fsp3) is 0.333. The average molecular weight is 236 g/mol. The van der Waals surface area contributed by atoms with Crippen molar-refractivity contribution < 1.29 is 14.3 Å². The molecule has 0 heterocycles. The van der Waals surface area contributed by atoms with E-state index in [4.69, 9.17) is 9.47 Å². The van der Waals surface area contributed by atoms with Gasteiger partial charge in [0, 0.05) is 6.42 Å². The fourth-order valence-corrected chi connectivity index (χ4v) is 1.19. The molecule has 0 saturated heterocycles. The van der Waals surface area contributed by atoms with Gasteiger partial charge in [-0.15, -0.1) is 0 Å². The number of hydrogen-bond donors (Lipinski definition) is 1. The Kier molecular flexibility index (Phi) is 5.00. The fourth-order valence-electron chi connectivity index (χ4n) is 1.19. The highest BCUT2D eigenvalue weighted by molar-refractivity contribution is 5.83. The van der Waals surface area contributed by atoms with E-state index >= 15 is 0 Å². The monoisotopic (exact) mass is 236 g/mol. The number of nitrogens with zero attached hydrogens (tertiary/aromatic N) is 1. The summed E-state index contributed by atoms with van der Waals surface area (Å²) in [5.74, 6) is 1.15. The van der Waals surface area contributed by atoms with Crippen molar-refractivity contribution in [1.29, 1.82) is 0 Å². The van der Waals surface area contributed by atoms with Crippen molar-refractivity contribution >= 4 is 12.1 Å². The third-order valence-electron chi connectivity index (χ3n) is 2.13. The Labute approximate surface area is 100 Å². The molecule has 1 aromatic carbocycles. The van der Waals surface area contributed by atoms with E-state index in [1.54, 1.807) is 39.5 Å². The number of carbonyl (C=O) groups excluding carboxylic acids is 1. The molecule has 1 rings (SSSR count). The highest BCUT2D eigenvalue weighted by Crippen LogP contribution is 2.26. The maximum Gasteiger partial charge on any atom is 0.239 e. The SMILES string of the molecule is CCC(=O)N/N=C/c1ccc(OC)c(OC)c1. The van der Waals surface area contributed by atoms with Crippen LogP contribution < -0.4 is 14.9 Å². The molecule has 0 aliphatic carbocycles. The molecular weight excluding hydrogens is 220 g/mol. The first kappa shape index (κ1) is 13.0. The number of hydrazone groups is 1. The molecule has 1 amide bonds. The van der Waals surface area contributed by atoms with E-state index in [0.29, 0.717) is 17.9 Å². The molecule has 17 heavy (non-hydrogen) atoms. The lowest BCUT2D eigenvalue weighted by Crippen LogP contribution is -2.15. The van der Waals surface area contributed by atoms with Gasteiger partial charge in [-0.3, -0.25) is 4.79 Å². The number of hydrogen-bond acceptors (Lipinski definition) is 4. The van der Waals surface area contributed by atoms with Crippen LogP contribution in [0.4, 0.5) is 0 Å². The standard InChI is InChI=1S/C12H16N2O3/c1-4-12(15)14-13-8-9-5-6-10(16-2)11(7-9)17-3/h5-8H,4H2,1-3H3,(H,14,15)/b13-8+. The number of methoxy groups -OCH3 is 2. The van der Waals surface area contributed by atoms with Crippen LogP contribution >= 0.6 is 0 Å². The molecule has 0 saturated carbocycles. The lowest BCUT2D eigenvalue weighted by molar-refractivity contribution is -0.120. The molecule has 0 aliphatic heterocycles. The zero-order chi connectivity index (χ0) is 12.7. The number of nitrogens with one attached hydrogen (secondary N) is 1. The minimum Gasteiger partial charge on any atom is -0.493 e. The molecule has 5 heteroatoms. The molecule has 0 unspecified atom stereocenters. The number of rotatable bonds is 5. The van der Waals surface area contributed by atoms with Gasteiger partial charge in [0.15, 0.2) is 11.5 Å². The summed E-state index contributed by atoms with van der Waals surface area (Å²) in [6, 6.07) is 5.38. The summed E-state index contributed by atoms with van der Waals surface area (Å²) in [4.78, 5) is 11.0. The normalized spacial score (nSPS) is 10.3. The minimum absolute atomic E-state index is 0.123. The first-order chi connectivity index (χ1) is 8.21. The number of ether oxygens (including phenoxy) is 2. The first-order valence-electron chi connectivity index (χ1n) is 5.25. The second-order valence-electron chi connectivity index (χ2n) is 3.26. The van der Waals surface area contributed by atoms with E-state index in [0.717, 1.165) is 5.56 Å². The Balaban J connectivity index is 2.75. The van der Waals surface area contributed by atoms with E-state index in [1.165, 1.54) is 0 Å². The maximum atomic E-state index is 11.0. The van der Waals surface area contributed by atoms with Gasteiger partial charge >= 0.3 is 0 Å². The zero-order valence-electron chi connectivity index (χ0n) is 10.2. The van der Waals surface area contributed by atoms with E-state index in [-0.39, 0.29) is 5.91 Å². The molecule has 0 atom stereocenters. The molecule has 1 N–H and O–H groups in total. The van der Waals surface area contributed by atoms with Crippen LogP contribution in [0.3, 0.4) is 0 Å². The molecule has 0 fully saturated rings. The van der Waals surface area contributed by atoms with Gasteiger partial charge < -0.3 is 9.47 Å². The van der Waals surface area contributed by atoms with E-state index in [9.17, 15) is 4.79 Å². The molecule has 0 aromatic heterocycles. The van der Waals surface area contributed by atoms with Crippen LogP contribution in [0.1, 0.15) is 18.9 Å². The van der Waals surface area contributed by atoms with Crippen LogP contribution in [-0.2, 0) is 4.79 Å². The summed E-state index contributed by atoms with van der Waals surface area (Å²) in [6.07, 6.45) is 1.96. The van der Waals surface area contributed by atoms with Gasteiger partial charge in [-0.1, -0.05) is 6.92 Å². The summed E-state index contributed by atoms with van der Waals surface area (Å²) in [5.41, 5.74) is 3.22. The Morgan fingerprint density at radius 2 is 2.06 bits per heavy atom. The van der Waals surface area contributed by atoms with Crippen molar-refractivity contribution in [2.24, 2.45) is 5.10 Å². The van der Waals surface area contributed by atoms with Gasteiger partial charge in [-0.25, -0.2) is 5.43 Å². The summed E-state index contributed by atoms with van der Waals surface area (Å²) < 4.78 is 10.3. The van der Waals surface area contributed by atoms with Crippen LogP contribution in [0.15, 0.2) is 23.3 Å². The van der Waals surface area contributed by atoms with Crippen molar-refractivity contribution in [3.05, 3.63) is 23.8 Å². The Morgan fingerprint density at radius 3 is 2.65 bits per heavy atom. The molecule has 0 radical (unpaired) electrons. The maximum absolute atomic E-state index is 11.0. The van der Waals surface area contributed by atoms with Gasteiger partial charge in [0.25, 0.3) is 0 Å². The Morgan fingerprint density at radius 1 is 1.35 bits per heavy atom. The van der Waals surface area contributed by atoms with Crippen molar-refractivity contribution in [3.8, 4) is 11.5 Å². The van der Waals surface area contributed by atoms with E-state index in [1.807, 2.05) is 6.07 Å². The molecule has 1 aromatic rings. The minimum atomic E-state index is -0.123. The summed E-state index contributed by atoms with van der Waals surface area (Å²) in [6.45, 7) is 1.77. The van der Waals surface area contributed by atoms with Gasteiger partial charge in [0.1, 0.15) is 0 Å². The smallest absolute Gasteiger partial charge is 0.239 e. The lowest BCUT2D eigenvalue weighted by atomic mass is 10.2. The van der Waals surface area contributed by atoms with Crippen molar-refractivity contribution in [2.75, 3.05) is 14.2 Å². The lowest BCUT2D eigenvalue weighted by Gasteiger charge is -2.07. The van der Waals surface area contributed by atoms with Crippen LogP contribution in [0, 0.1) is 0 Å². The van der Waals surface area contributed by atoms with Crippen LogP contribution in [-0.4, -0.2) is 26.3 Å². The van der Waals surface area contributed by atoms with Crippen molar-refractivity contribution in [3.63, 3.8) is 0 Å². The Bertz CT molecular complexity index is 416. The quantitative estimate of drug-likeness (QED) is 0.623. The summed E-state index contributed by atoms with van der Waals surface area (Å²) in [5, 5.41) is 3.82. The third-order valence-corrected chi connectivity index (χ3v) is 2.13. The molecule has 0 bridgehead atoms. The molecule has 92 valence electrons. The second kappa shape index (κ2) is 6.52. The summed E-state index contributed by atoms with van der Waals surface area (Å²) >= 11 is 0. The highest BCUT2D eigenvalue weighted by atomic mass is 16.5. The van der Waals surface area contributed by atoms with Gasteiger partial charge in [0.05, 0.1) is 20.4 Å². The van der Waals surface area contributed by atoms with E-state index < -0.39 is 0 Å². The first-order valence-corrected chi connectivity index (χ1v) is 5.25. The Hall–Kier alpha value is -2.04. The second-order valence-corrected chi connectivity index (χ2v) is 3.26. The summed E-state index contributed by atoms with van der Waals surface area (Å²) in [7, 11) is 3.14. The number of benzene rings is 1. The number of carbonyl (C=O) groups is 1. The predicted octanol–water partition coefficient (Wildman–Crippen LogP) is 1.56. The van der Waals surface area contributed by atoms with Gasteiger partial charge in [-0.2, -0.15) is 5.10 Å². The van der Waals surface area contributed by atoms with Crippen LogP contribution in [0.2, 0.25) is 0 Å². The van der Waals surface area contributed by atoms with Crippen molar-refractivity contribution in [2.45, 2.75) is 13.3 Å². The van der Waals surface area contributed by atoms with Gasteiger partial charge in [0.2, 0.25) is 5.91 Å². The van der Waals surface area contributed by atoms with E-state index in [2.05, 4.69) is 10.5 Å². The van der Waals surface area contributed by atoms with Crippen molar-refractivity contribution in [1.82, 2.24) is 5.43 Å². The topological polar surface area (TPSA) is 59.9 Å². The van der Waals surface area contributed by atoms with Crippen LogP contribution in [0.5, 0.6) is 11.5 Å². The third kappa shape index (κ3) is 3.79. The molecule has 5 nitrogen and oxygen atoms in total. The van der Waals surface area contributed by atoms with Crippen LogP contribution in [0.25, 0.3) is 0 Å². The predicted molar refractivity (Wildman–Crippen MR) is 65.6 cm³/mol. The molecule has 0 aliphatic rings. The highest BCUT2D eigenvalue weighted by Gasteiger charge is 2.02. The number of amides is 1. The average Bonchev–Trinajstić information content (AvgIpc) is 2.38. The molecular formula is C12H16N2O3. The van der Waals surface area contributed by atoms with Gasteiger partial charge in [-0.05, 0) is 23.8 Å². The molecule has 0 spiro atoms. The largest absolute Gasteiger partial charge is 0.493 e. The zero-order valence-corrected chi connectivity index (χ0v) is 10.2.